The molecule has 1 saturated heterocycles. The highest BCUT2D eigenvalue weighted by Gasteiger charge is 2.20. The highest BCUT2D eigenvalue weighted by Crippen LogP contribution is 2.19. The third kappa shape index (κ3) is 4.22. The van der Waals surface area contributed by atoms with E-state index in [1.807, 2.05) is 0 Å². The van der Waals surface area contributed by atoms with Gasteiger partial charge in [-0.2, -0.15) is 0 Å². The average molecular weight is 200 g/mol. The Labute approximate surface area is 85.7 Å². The van der Waals surface area contributed by atoms with Crippen LogP contribution in [0, 0.1) is 5.92 Å². The van der Waals surface area contributed by atoms with Crippen molar-refractivity contribution in [2.24, 2.45) is 5.92 Å². The lowest BCUT2D eigenvalue weighted by Crippen LogP contribution is -2.17. The Balaban J connectivity index is 2.13. The van der Waals surface area contributed by atoms with Crippen LogP contribution in [0.5, 0.6) is 0 Å². The zero-order chi connectivity index (χ0) is 10.4. The first kappa shape index (κ1) is 11.7. The van der Waals surface area contributed by atoms with Crippen LogP contribution in [0.3, 0.4) is 0 Å². The van der Waals surface area contributed by atoms with Gasteiger partial charge in [-0.15, -0.1) is 6.58 Å². The first-order chi connectivity index (χ1) is 6.72. The minimum Gasteiger partial charge on any atom is -0.393 e. The molecule has 0 aromatic carbocycles. The maximum absolute atomic E-state index is 9.54. The van der Waals surface area contributed by atoms with Gasteiger partial charge >= 0.3 is 0 Å². The number of hydrogen-bond acceptors (Lipinski definition) is 3. The van der Waals surface area contributed by atoms with Gasteiger partial charge in [-0.3, -0.25) is 0 Å². The smallest absolute Gasteiger partial charge is 0.158 e. The summed E-state index contributed by atoms with van der Waals surface area (Å²) in [5.74, 6) is 0.424. The minimum absolute atomic E-state index is 0.0547. The van der Waals surface area contributed by atoms with Gasteiger partial charge < -0.3 is 14.6 Å². The van der Waals surface area contributed by atoms with Crippen molar-refractivity contribution in [2.45, 2.75) is 38.6 Å². The van der Waals surface area contributed by atoms with Crippen LogP contribution < -0.4 is 0 Å². The van der Waals surface area contributed by atoms with Gasteiger partial charge in [0.15, 0.2) is 6.29 Å². The molecular weight excluding hydrogens is 180 g/mol. The highest BCUT2D eigenvalue weighted by atomic mass is 16.7. The van der Waals surface area contributed by atoms with Gasteiger partial charge in [0.1, 0.15) is 0 Å². The molecule has 0 bridgehead atoms. The molecule has 1 aliphatic rings. The zero-order valence-electron chi connectivity index (χ0n) is 8.82. The van der Waals surface area contributed by atoms with Crippen LogP contribution in [0.25, 0.3) is 0 Å². The molecule has 0 unspecified atom stereocenters. The van der Waals surface area contributed by atoms with Gasteiger partial charge in [-0.25, -0.2) is 0 Å². The predicted octanol–water partition coefficient (Wildman–Crippen LogP) is 1.71. The van der Waals surface area contributed by atoms with Gasteiger partial charge in [0.05, 0.1) is 19.3 Å². The monoisotopic (exact) mass is 200 g/mol. The number of rotatable bonds is 6. The zero-order valence-corrected chi connectivity index (χ0v) is 8.82. The van der Waals surface area contributed by atoms with Crippen molar-refractivity contribution < 1.29 is 14.6 Å². The summed E-state index contributed by atoms with van der Waals surface area (Å²) in [7, 11) is 0. The van der Waals surface area contributed by atoms with Crippen molar-refractivity contribution in [1.82, 2.24) is 0 Å². The van der Waals surface area contributed by atoms with E-state index >= 15 is 0 Å². The SMILES string of the molecule is C=CC[C@@H](O)C[C@H](C)CC1OCCO1. The molecule has 0 amide bonds. The van der Waals surface area contributed by atoms with E-state index in [4.69, 9.17) is 9.47 Å². The molecule has 1 aliphatic heterocycles. The third-order valence-electron chi connectivity index (χ3n) is 2.40. The van der Waals surface area contributed by atoms with E-state index in [2.05, 4.69) is 13.5 Å². The molecule has 14 heavy (non-hydrogen) atoms. The van der Waals surface area contributed by atoms with Crippen LogP contribution in [-0.2, 0) is 9.47 Å². The average Bonchev–Trinajstić information content (AvgIpc) is 2.56. The van der Waals surface area contributed by atoms with Crippen molar-refractivity contribution in [1.29, 1.82) is 0 Å². The molecular formula is C11H20O3. The molecule has 3 heteroatoms. The molecule has 0 aromatic heterocycles. The Morgan fingerprint density at radius 1 is 1.50 bits per heavy atom. The summed E-state index contributed by atoms with van der Waals surface area (Å²) >= 11 is 0. The summed E-state index contributed by atoms with van der Waals surface area (Å²) in [6.07, 6.45) is 3.74. The topological polar surface area (TPSA) is 38.7 Å². The summed E-state index contributed by atoms with van der Waals surface area (Å²) in [5.41, 5.74) is 0. The molecule has 3 nitrogen and oxygen atoms in total. The normalized spacial score (nSPS) is 22.1. The van der Waals surface area contributed by atoms with Crippen molar-refractivity contribution in [2.75, 3.05) is 13.2 Å². The molecule has 2 atom stereocenters. The summed E-state index contributed by atoms with van der Waals surface area (Å²) in [6, 6.07) is 0. The fourth-order valence-electron chi connectivity index (χ4n) is 1.72. The lowest BCUT2D eigenvalue weighted by Gasteiger charge is -2.17. The summed E-state index contributed by atoms with van der Waals surface area (Å²) in [5, 5.41) is 9.54. The molecule has 0 aliphatic carbocycles. The van der Waals surface area contributed by atoms with Crippen LogP contribution in [0.4, 0.5) is 0 Å². The Morgan fingerprint density at radius 2 is 2.14 bits per heavy atom. The third-order valence-corrected chi connectivity index (χ3v) is 2.40. The molecule has 82 valence electrons. The van der Waals surface area contributed by atoms with Crippen LogP contribution in [0.2, 0.25) is 0 Å². The standard InChI is InChI=1S/C11H20O3/c1-3-4-10(12)7-9(2)8-11-13-5-6-14-11/h3,9-12H,1,4-8H2,2H3/t9-,10+/m0/s1. The van der Waals surface area contributed by atoms with Crippen LogP contribution in [0.1, 0.15) is 26.2 Å². The lowest BCUT2D eigenvalue weighted by atomic mass is 9.98. The fraction of sp³-hybridized carbons (Fsp3) is 0.818. The number of aliphatic hydroxyl groups excluding tert-OH is 1. The molecule has 1 rings (SSSR count). The first-order valence-corrected chi connectivity index (χ1v) is 5.24. The van der Waals surface area contributed by atoms with Gasteiger partial charge in [-0.1, -0.05) is 13.0 Å². The van der Waals surface area contributed by atoms with Gasteiger partial charge in [0.25, 0.3) is 0 Å². The largest absolute Gasteiger partial charge is 0.393 e. The second-order valence-corrected chi connectivity index (χ2v) is 3.93. The van der Waals surface area contributed by atoms with E-state index in [1.165, 1.54) is 0 Å². The van der Waals surface area contributed by atoms with Crippen LogP contribution in [0.15, 0.2) is 12.7 Å². The molecule has 1 fully saturated rings. The van der Waals surface area contributed by atoms with Gasteiger partial charge in [-0.05, 0) is 18.8 Å². The van der Waals surface area contributed by atoms with Crippen molar-refractivity contribution in [3.63, 3.8) is 0 Å². The molecule has 1 heterocycles. The molecule has 0 spiro atoms. The summed E-state index contributed by atoms with van der Waals surface area (Å²) in [6.45, 7) is 7.11. The Kier molecular flexibility index (Phi) is 5.15. The first-order valence-electron chi connectivity index (χ1n) is 5.24. The van der Waals surface area contributed by atoms with E-state index in [0.29, 0.717) is 25.6 Å². The van der Waals surface area contributed by atoms with Crippen molar-refractivity contribution >= 4 is 0 Å². The Bertz CT molecular complexity index is 164. The van der Waals surface area contributed by atoms with Crippen LogP contribution >= 0.6 is 0 Å². The predicted molar refractivity (Wildman–Crippen MR) is 54.9 cm³/mol. The minimum atomic E-state index is -0.274. The second kappa shape index (κ2) is 6.17. The molecule has 0 aromatic rings. The van der Waals surface area contributed by atoms with E-state index in [0.717, 1.165) is 12.8 Å². The maximum Gasteiger partial charge on any atom is 0.158 e. The maximum atomic E-state index is 9.54. The number of aliphatic hydroxyl groups is 1. The molecule has 0 saturated carbocycles. The van der Waals surface area contributed by atoms with Crippen molar-refractivity contribution in [3.05, 3.63) is 12.7 Å². The van der Waals surface area contributed by atoms with Gasteiger partial charge in [0, 0.05) is 6.42 Å². The number of hydrogen-bond donors (Lipinski definition) is 1. The lowest BCUT2D eigenvalue weighted by molar-refractivity contribution is -0.0585. The Hall–Kier alpha value is -0.380. The second-order valence-electron chi connectivity index (χ2n) is 3.93. The quantitative estimate of drug-likeness (QED) is 0.663. The van der Waals surface area contributed by atoms with Gasteiger partial charge in [0.2, 0.25) is 0 Å². The summed E-state index contributed by atoms with van der Waals surface area (Å²) < 4.78 is 10.7. The fourth-order valence-corrected chi connectivity index (χ4v) is 1.72. The molecule has 0 radical (unpaired) electrons. The van der Waals surface area contributed by atoms with E-state index < -0.39 is 0 Å². The van der Waals surface area contributed by atoms with Crippen molar-refractivity contribution in [3.8, 4) is 0 Å². The van der Waals surface area contributed by atoms with E-state index in [-0.39, 0.29) is 12.4 Å². The molecule has 1 N–H and O–H groups in total. The highest BCUT2D eigenvalue weighted by molar-refractivity contribution is 4.74. The summed E-state index contributed by atoms with van der Waals surface area (Å²) in [4.78, 5) is 0. The number of ether oxygens (including phenoxy) is 2. The Morgan fingerprint density at radius 3 is 2.71 bits per heavy atom. The van der Waals surface area contributed by atoms with E-state index in [9.17, 15) is 5.11 Å². The van der Waals surface area contributed by atoms with Crippen LogP contribution in [-0.4, -0.2) is 30.7 Å². The van der Waals surface area contributed by atoms with E-state index in [1.54, 1.807) is 6.08 Å².